The first-order valence-corrected chi connectivity index (χ1v) is 6.29. The highest BCUT2D eigenvalue weighted by Crippen LogP contribution is 1.97. The molecular weight excluding hydrogens is 214 g/mol. The number of nitrogens with one attached hydrogen (secondary N) is 1. The van der Waals surface area contributed by atoms with Gasteiger partial charge in [0.2, 0.25) is 0 Å². The molecule has 0 radical (unpaired) electrons. The molecule has 0 aliphatic carbocycles. The summed E-state index contributed by atoms with van der Waals surface area (Å²) >= 11 is 0. The number of hydrogen-bond donors (Lipinski definition) is 2. The molecule has 0 aromatic heterocycles. The molecule has 1 atom stereocenters. The van der Waals surface area contributed by atoms with Crippen LogP contribution in [0.4, 0.5) is 0 Å². The van der Waals surface area contributed by atoms with E-state index >= 15 is 0 Å². The number of hydrogen-bond acceptors (Lipinski definition) is 3. The summed E-state index contributed by atoms with van der Waals surface area (Å²) in [6.07, 6.45) is 1.47. The molecule has 1 rings (SSSR count). The monoisotopic (exact) mass is 237 g/mol. The van der Waals surface area contributed by atoms with E-state index in [4.69, 9.17) is 9.84 Å². The highest BCUT2D eigenvalue weighted by molar-refractivity contribution is 5.14. The maximum absolute atomic E-state index is 9.03. The van der Waals surface area contributed by atoms with Crippen LogP contribution in [0.1, 0.15) is 25.3 Å². The highest BCUT2D eigenvalue weighted by atomic mass is 16.5. The van der Waals surface area contributed by atoms with E-state index in [1.807, 2.05) is 6.07 Å². The normalized spacial score (nSPS) is 12.6. The minimum absolute atomic E-state index is 0.258. The largest absolute Gasteiger partial charge is 0.393 e. The summed E-state index contributed by atoms with van der Waals surface area (Å²) in [5.41, 5.74) is 1.31. The van der Waals surface area contributed by atoms with Crippen molar-refractivity contribution >= 4 is 0 Å². The Balaban J connectivity index is 1.88. The first kappa shape index (κ1) is 14.2. The molecule has 3 nitrogen and oxygen atoms in total. The Morgan fingerprint density at radius 2 is 2.00 bits per heavy atom. The van der Waals surface area contributed by atoms with Gasteiger partial charge in [-0.25, -0.2) is 0 Å². The van der Waals surface area contributed by atoms with Gasteiger partial charge in [0.05, 0.1) is 6.10 Å². The van der Waals surface area contributed by atoms with Gasteiger partial charge in [-0.3, -0.25) is 0 Å². The first-order valence-electron chi connectivity index (χ1n) is 6.29. The fraction of sp³-hybridized carbons (Fsp3) is 0.571. The van der Waals surface area contributed by atoms with Crippen molar-refractivity contribution in [2.45, 2.75) is 32.4 Å². The summed E-state index contributed by atoms with van der Waals surface area (Å²) in [6.45, 7) is 5.06. The zero-order valence-electron chi connectivity index (χ0n) is 10.6. The Labute approximate surface area is 104 Å². The fourth-order valence-corrected chi connectivity index (χ4v) is 1.48. The molecule has 0 saturated heterocycles. The van der Waals surface area contributed by atoms with Gasteiger partial charge in [0, 0.05) is 19.8 Å². The van der Waals surface area contributed by atoms with E-state index in [1.165, 1.54) is 5.56 Å². The quantitative estimate of drug-likeness (QED) is 0.645. The molecule has 1 aromatic rings. The molecule has 0 heterocycles. The average Bonchev–Trinajstić information content (AvgIpc) is 2.33. The summed E-state index contributed by atoms with van der Waals surface area (Å²) in [7, 11) is 0. The Morgan fingerprint density at radius 3 is 2.71 bits per heavy atom. The smallest absolute Gasteiger partial charge is 0.0534 e. The molecule has 0 aliphatic rings. The van der Waals surface area contributed by atoms with Gasteiger partial charge < -0.3 is 15.2 Å². The number of aliphatic hydroxyl groups is 1. The Hall–Kier alpha value is -0.900. The van der Waals surface area contributed by atoms with Crippen molar-refractivity contribution in [1.82, 2.24) is 5.32 Å². The topological polar surface area (TPSA) is 41.5 Å². The lowest BCUT2D eigenvalue weighted by Crippen LogP contribution is -2.16. The van der Waals surface area contributed by atoms with Crippen LogP contribution >= 0.6 is 0 Å². The molecule has 0 bridgehead atoms. The molecule has 96 valence electrons. The summed E-state index contributed by atoms with van der Waals surface area (Å²) in [6, 6.07) is 10.4. The second-order valence-electron chi connectivity index (χ2n) is 4.27. The molecule has 1 unspecified atom stereocenters. The van der Waals surface area contributed by atoms with E-state index in [-0.39, 0.29) is 6.10 Å². The van der Waals surface area contributed by atoms with Gasteiger partial charge >= 0.3 is 0 Å². The number of ether oxygens (including phenoxy) is 1. The van der Waals surface area contributed by atoms with Crippen LogP contribution in [0.25, 0.3) is 0 Å². The molecular formula is C14H23NO2. The zero-order valence-corrected chi connectivity index (χ0v) is 10.6. The minimum atomic E-state index is -0.258. The van der Waals surface area contributed by atoms with Crippen molar-refractivity contribution in [3.63, 3.8) is 0 Å². The predicted molar refractivity (Wildman–Crippen MR) is 69.9 cm³/mol. The lowest BCUT2D eigenvalue weighted by Gasteiger charge is -2.07. The van der Waals surface area contributed by atoms with Crippen LogP contribution in [0, 0.1) is 0 Å². The SMILES string of the molecule is CC(O)CCOCCCNCc1ccccc1. The molecule has 0 amide bonds. The number of aliphatic hydroxyl groups excluding tert-OH is 1. The van der Waals surface area contributed by atoms with Crippen molar-refractivity contribution in [1.29, 1.82) is 0 Å². The van der Waals surface area contributed by atoms with Gasteiger partial charge in [0.25, 0.3) is 0 Å². The van der Waals surface area contributed by atoms with Crippen molar-refractivity contribution in [3.8, 4) is 0 Å². The zero-order chi connectivity index (χ0) is 12.3. The van der Waals surface area contributed by atoms with E-state index in [0.29, 0.717) is 6.61 Å². The maximum Gasteiger partial charge on any atom is 0.0534 e. The molecule has 3 heteroatoms. The van der Waals surface area contributed by atoms with E-state index in [1.54, 1.807) is 6.92 Å². The van der Waals surface area contributed by atoms with E-state index in [9.17, 15) is 0 Å². The molecule has 17 heavy (non-hydrogen) atoms. The summed E-state index contributed by atoms with van der Waals surface area (Å²) in [4.78, 5) is 0. The van der Waals surface area contributed by atoms with Crippen LogP contribution in [0.3, 0.4) is 0 Å². The Morgan fingerprint density at radius 1 is 1.24 bits per heavy atom. The molecule has 0 aliphatic heterocycles. The highest BCUT2D eigenvalue weighted by Gasteiger charge is 1.95. The maximum atomic E-state index is 9.03. The van der Waals surface area contributed by atoms with E-state index < -0.39 is 0 Å². The van der Waals surface area contributed by atoms with Crippen molar-refractivity contribution in [2.75, 3.05) is 19.8 Å². The Bertz CT molecular complexity index is 275. The third kappa shape index (κ3) is 7.91. The molecule has 1 aromatic carbocycles. The molecule has 0 saturated carbocycles. The third-order valence-corrected chi connectivity index (χ3v) is 2.49. The van der Waals surface area contributed by atoms with E-state index in [2.05, 4.69) is 29.6 Å². The summed E-state index contributed by atoms with van der Waals surface area (Å²) in [5, 5.41) is 12.4. The van der Waals surface area contributed by atoms with Crippen molar-refractivity contribution < 1.29 is 9.84 Å². The van der Waals surface area contributed by atoms with Crippen LogP contribution in [0.2, 0.25) is 0 Å². The van der Waals surface area contributed by atoms with Crippen LogP contribution in [0.5, 0.6) is 0 Å². The average molecular weight is 237 g/mol. The van der Waals surface area contributed by atoms with Gasteiger partial charge in [-0.2, -0.15) is 0 Å². The van der Waals surface area contributed by atoms with Gasteiger partial charge in [-0.05, 0) is 31.9 Å². The second kappa shape index (κ2) is 9.16. The fourth-order valence-electron chi connectivity index (χ4n) is 1.48. The molecule has 0 fully saturated rings. The third-order valence-electron chi connectivity index (χ3n) is 2.49. The molecule has 0 spiro atoms. The standard InChI is InChI=1S/C14H23NO2/c1-13(16)8-11-17-10-5-9-15-12-14-6-3-2-4-7-14/h2-4,6-7,13,15-16H,5,8-12H2,1H3. The molecule has 2 N–H and O–H groups in total. The predicted octanol–water partition coefficient (Wildman–Crippen LogP) is 1.95. The van der Waals surface area contributed by atoms with Crippen LogP contribution in [-0.4, -0.2) is 31.0 Å². The Kier molecular flexibility index (Phi) is 7.63. The van der Waals surface area contributed by atoms with Crippen LogP contribution in [0.15, 0.2) is 30.3 Å². The summed E-state index contributed by atoms with van der Waals surface area (Å²) < 4.78 is 5.40. The van der Waals surface area contributed by atoms with Crippen molar-refractivity contribution in [3.05, 3.63) is 35.9 Å². The lowest BCUT2D eigenvalue weighted by molar-refractivity contribution is 0.0880. The minimum Gasteiger partial charge on any atom is -0.393 e. The van der Waals surface area contributed by atoms with Gasteiger partial charge in [0.15, 0.2) is 0 Å². The van der Waals surface area contributed by atoms with Gasteiger partial charge in [0.1, 0.15) is 0 Å². The first-order chi connectivity index (χ1) is 8.29. The van der Waals surface area contributed by atoms with Crippen molar-refractivity contribution in [2.24, 2.45) is 0 Å². The van der Waals surface area contributed by atoms with Crippen LogP contribution in [-0.2, 0) is 11.3 Å². The number of benzene rings is 1. The van der Waals surface area contributed by atoms with Gasteiger partial charge in [-0.1, -0.05) is 30.3 Å². The summed E-state index contributed by atoms with van der Waals surface area (Å²) in [5.74, 6) is 0. The van der Waals surface area contributed by atoms with Gasteiger partial charge in [-0.15, -0.1) is 0 Å². The lowest BCUT2D eigenvalue weighted by atomic mass is 10.2. The van der Waals surface area contributed by atoms with E-state index in [0.717, 1.165) is 32.5 Å². The van der Waals surface area contributed by atoms with Crippen LogP contribution < -0.4 is 5.32 Å². The second-order valence-corrected chi connectivity index (χ2v) is 4.27. The number of rotatable bonds is 9.